The molecule has 1 fully saturated rings. The molecule has 2 aromatic rings. The third-order valence-corrected chi connectivity index (χ3v) is 5.00. The fraction of sp³-hybridized carbons (Fsp3) is 0.421. The Morgan fingerprint density at radius 1 is 1.37 bits per heavy atom. The smallest absolute Gasteiger partial charge is 0.276 e. The maximum atomic E-state index is 13.1. The molecule has 3 rings (SSSR count). The molecule has 0 atom stereocenters. The van der Waals surface area contributed by atoms with Crippen LogP contribution in [0.15, 0.2) is 22.6 Å². The second kappa shape index (κ2) is 8.08. The molecule has 0 spiro atoms. The fourth-order valence-electron chi connectivity index (χ4n) is 3.01. The highest BCUT2D eigenvalue weighted by Gasteiger charge is 2.26. The highest BCUT2D eigenvalue weighted by Crippen LogP contribution is 2.20. The Morgan fingerprint density at radius 3 is 2.74 bits per heavy atom. The van der Waals surface area contributed by atoms with Crippen molar-refractivity contribution in [2.75, 3.05) is 13.1 Å². The molecule has 1 N–H and O–H groups in total. The minimum absolute atomic E-state index is 0.00229. The highest BCUT2D eigenvalue weighted by molar-refractivity contribution is 6.33. The molecule has 0 bridgehead atoms. The fourth-order valence-corrected chi connectivity index (χ4v) is 3.26. The number of carbonyl (C=O) groups is 2. The third kappa shape index (κ3) is 4.47. The van der Waals surface area contributed by atoms with E-state index in [-0.39, 0.29) is 34.6 Å². The summed E-state index contributed by atoms with van der Waals surface area (Å²) in [4.78, 5) is 30.9. The average molecular weight is 394 g/mol. The Bertz CT molecular complexity index is 860. The summed E-state index contributed by atoms with van der Waals surface area (Å²) in [5.41, 5.74) is 0.425. The van der Waals surface area contributed by atoms with Crippen molar-refractivity contribution in [1.29, 1.82) is 0 Å². The van der Waals surface area contributed by atoms with Gasteiger partial charge in [-0.15, -0.1) is 0 Å². The molecule has 1 aromatic carbocycles. The standard InChI is InChI=1S/C19H21ClFN3O3/c1-11-5-7-24(8-6-11)19(26)17-12(2)27-16(23-17)10-22-18(25)14-4-3-13(21)9-15(14)20/h3-4,9,11H,5-8,10H2,1-2H3,(H,22,25). The third-order valence-electron chi connectivity index (χ3n) is 4.69. The van der Waals surface area contributed by atoms with E-state index in [1.54, 1.807) is 11.8 Å². The summed E-state index contributed by atoms with van der Waals surface area (Å²) in [5, 5.41) is 2.63. The number of benzene rings is 1. The summed E-state index contributed by atoms with van der Waals surface area (Å²) in [7, 11) is 0. The minimum Gasteiger partial charge on any atom is -0.443 e. The topological polar surface area (TPSA) is 75.4 Å². The van der Waals surface area contributed by atoms with Crippen molar-refractivity contribution in [1.82, 2.24) is 15.2 Å². The second-order valence-corrected chi connectivity index (χ2v) is 7.20. The molecule has 0 radical (unpaired) electrons. The molecular weight excluding hydrogens is 373 g/mol. The van der Waals surface area contributed by atoms with Crippen molar-refractivity contribution in [3.8, 4) is 0 Å². The van der Waals surface area contributed by atoms with Crippen LogP contribution in [0.3, 0.4) is 0 Å². The zero-order valence-corrected chi connectivity index (χ0v) is 16.0. The number of nitrogens with one attached hydrogen (secondary N) is 1. The van der Waals surface area contributed by atoms with Gasteiger partial charge in [-0.3, -0.25) is 9.59 Å². The Kier molecular flexibility index (Phi) is 5.79. The lowest BCUT2D eigenvalue weighted by Gasteiger charge is -2.29. The molecule has 6 nitrogen and oxygen atoms in total. The second-order valence-electron chi connectivity index (χ2n) is 6.79. The largest absolute Gasteiger partial charge is 0.443 e. The zero-order chi connectivity index (χ0) is 19.6. The van der Waals surface area contributed by atoms with Gasteiger partial charge in [-0.25, -0.2) is 9.37 Å². The van der Waals surface area contributed by atoms with Crippen LogP contribution in [0.5, 0.6) is 0 Å². The van der Waals surface area contributed by atoms with Crippen LogP contribution in [0.2, 0.25) is 5.02 Å². The van der Waals surface area contributed by atoms with Crippen LogP contribution >= 0.6 is 11.6 Å². The summed E-state index contributed by atoms with van der Waals surface area (Å²) in [5.74, 6) is 0.123. The zero-order valence-electron chi connectivity index (χ0n) is 15.2. The van der Waals surface area contributed by atoms with Gasteiger partial charge < -0.3 is 14.6 Å². The summed E-state index contributed by atoms with van der Waals surface area (Å²) in [6.45, 7) is 5.27. The van der Waals surface area contributed by atoms with Crippen molar-refractivity contribution in [2.45, 2.75) is 33.2 Å². The number of aromatic nitrogens is 1. The molecule has 2 heterocycles. The van der Waals surface area contributed by atoms with Crippen LogP contribution in [0, 0.1) is 18.7 Å². The number of amides is 2. The molecule has 2 amide bonds. The average Bonchev–Trinajstić information content (AvgIpc) is 3.00. The normalized spacial score (nSPS) is 15.0. The number of nitrogens with zero attached hydrogens (tertiary/aromatic N) is 2. The summed E-state index contributed by atoms with van der Waals surface area (Å²) >= 11 is 5.88. The number of halogens is 2. The van der Waals surface area contributed by atoms with Gasteiger partial charge in [0.2, 0.25) is 5.89 Å². The number of oxazole rings is 1. The van der Waals surface area contributed by atoms with Crippen molar-refractivity contribution in [3.63, 3.8) is 0 Å². The van der Waals surface area contributed by atoms with Gasteiger partial charge >= 0.3 is 0 Å². The van der Waals surface area contributed by atoms with E-state index in [0.29, 0.717) is 24.8 Å². The Hall–Kier alpha value is -2.41. The van der Waals surface area contributed by atoms with E-state index in [9.17, 15) is 14.0 Å². The molecule has 0 unspecified atom stereocenters. The lowest BCUT2D eigenvalue weighted by Crippen LogP contribution is -2.38. The van der Waals surface area contributed by atoms with Crippen molar-refractivity contribution in [3.05, 3.63) is 51.9 Å². The first-order valence-electron chi connectivity index (χ1n) is 8.84. The predicted octanol–water partition coefficient (Wildman–Crippen LogP) is 3.58. The van der Waals surface area contributed by atoms with E-state index in [1.807, 2.05) is 0 Å². The van der Waals surface area contributed by atoms with E-state index in [1.165, 1.54) is 6.07 Å². The quantitative estimate of drug-likeness (QED) is 0.861. The number of aryl methyl sites for hydroxylation is 1. The summed E-state index contributed by atoms with van der Waals surface area (Å²) < 4.78 is 18.6. The lowest BCUT2D eigenvalue weighted by molar-refractivity contribution is 0.0690. The molecule has 1 saturated heterocycles. The van der Waals surface area contributed by atoms with Crippen LogP contribution in [0.25, 0.3) is 0 Å². The first-order valence-corrected chi connectivity index (χ1v) is 9.21. The molecule has 144 valence electrons. The number of rotatable bonds is 4. The maximum Gasteiger partial charge on any atom is 0.276 e. The van der Waals surface area contributed by atoms with Crippen LogP contribution in [0.1, 0.15) is 52.3 Å². The number of likely N-dealkylation sites (tertiary alicyclic amines) is 1. The van der Waals surface area contributed by atoms with E-state index in [2.05, 4.69) is 17.2 Å². The molecule has 8 heteroatoms. The molecule has 1 aliphatic heterocycles. The number of hydrogen-bond donors (Lipinski definition) is 1. The van der Waals surface area contributed by atoms with Crippen molar-refractivity contribution >= 4 is 23.4 Å². The van der Waals surface area contributed by atoms with E-state index in [4.69, 9.17) is 16.0 Å². The molecular formula is C19H21ClFN3O3. The number of piperidine rings is 1. The van der Waals surface area contributed by atoms with E-state index < -0.39 is 11.7 Å². The minimum atomic E-state index is -0.518. The van der Waals surface area contributed by atoms with Gasteiger partial charge in [-0.2, -0.15) is 0 Å². The maximum absolute atomic E-state index is 13.1. The monoisotopic (exact) mass is 393 g/mol. The van der Waals surface area contributed by atoms with Gasteiger partial charge in [0, 0.05) is 13.1 Å². The van der Waals surface area contributed by atoms with Gasteiger partial charge in [-0.1, -0.05) is 18.5 Å². The van der Waals surface area contributed by atoms with Crippen molar-refractivity contribution in [2.24, 2.45) is 5.92 Å². The molecule has 0 aliphatic carbocycles. The Balaban J connectivity index is 1.64. The SMILES string of the molecule is Cc1oc(CNC(=O)c2ccc(F)cc2Cl)nc1C(=O)N1CCC(C)CC1. The molecule has 27 heavy (non-hydrogen) atoms. The summed E-state index contributed by atoms with van der Waals surface area (Å²) in [6, 6.07) is 3.54. The lowest BCUT2D eigenvalue weighted by atomic mass is 9.99. The van der Waals surface area contributed by atoms with E-state index >= 15 is 0 Å². The highest BCUT2D eigenvalue weighted by atomic mass is 35.5. The number of carbonyl (C=O) groups excluding carboxylic acids is 2. The van der Waals surface area contributed by atoms with Crippen molar-refractivity contribution < 1.29 is 18.4 Å². The Labute approximate surface area is 161 Å². The van der Waals surface area contributed by atoms with E-state index in [0.717, 1.165) is 25.0 Å². The first kappa shape index (κ1) is 19.4. The van der Waals surface area contributed by atoms with Gasteiger partial charge in [0.1, 0.15) is 11.6 Å². The van der Waals surface area contributed by atoms with Crippen LogP contribution < -0.4 is 5.32 Å². The van der Waals surface area contributed by atoms with Gasteiger partial charge in [0.15, 0.2) is 5.69 Å². The van der Waals surface area contributed by atoms with Crippen LogP contribution in [0.4, 0.5) is 4.39 Å². The Morgan fingerprint density at radius 2 is 2.07 bits per heavy atom. The first-order chi connectivity index (χ1) is 12.8. The molecule has 1 aromatic heterocycles. The van der Waals surface area contributed by atoms with Crippen LogP contribution in [-0.2, 0) is 6.54 Å². The molecule has 0 saturated carbocycles. The molecule has 1 aliphatic rings. The van der Waals surface area contributed by atoms with Gasteiger partial charge in [-0.05, 0) is 43.9 Å². The van der Waals surface area contributed by atoms with Crippen LogP contribution in [-0.4, -0.2) is 34.8 Å². The summed E-state index contributed by atoms with van der Waals surface area (Å²) in [6.07, 6.45) is 1.95. The van der Waals surface area contributed by atoms with Gasteiger partial charge in [0.05, 0.1) is 17.1 Å². The number of hydrogen-bond acceptors (Lipinski definition) is 4. The van der Waals surface area contributed by atoms with Gasteiger partial charge in [0.25, 0.3) is 11.8 Å². The predicted molar refractivity (Wildman–Crippen MR) is 98.1 cm³/mol.